The number of allylic oxidation sites excluding steroid dienone is 1. The Morgan fingerprint density at radius 3 is 2.46 bits per heavy atom. The number of halogens is 1. The molecule has 0 atom stereocenters. The van der Waals surface area contributed by atoms with Crippen LogP contribution in [0.3, 0.4) is 0 Å². The summed E-state index contributed by atoms with van der Waals surface area (Å²) in [5.41, 5.74) is 1.67. The maximum Gasteiger partial charge on any atom is 0.345 e. The molecule has 1 heterocycles. The van der Waals surface area contributed by atoms with Crippen LogP contribution in [0.15, 0.2) is 77.5 Å². The van der Waals surface area contributed by atoms with Gasteiger partial charge in [-0.2, -0.15) is 0 Å². The van der Waals surface area contributed by atoms with Gasteiger partial charge < -0.3 is 9.47 Å². The van der Waals surface area contributed by atoms with Crippen molar-refractivity contribution >= 4 is 33.8 Å². The Kier molecular flexibility index (Phi) is 6.34. The lowest BCUT2D eigenvalue weighted by atomic mass is 10.1. The summed E-state index contributed by atoms with van der Waals surface area (Å²) in [5, 5.41) is 0. The number of benzene rings is 2. The van der Waals surface area contributed by atoms with Crippen LogP contribution in [0.25, 0.3) is 6.08 Å². The highest BCUT2D eigenvalue weighted by Crippen LogP contribution is 2.29. The molecule has 1 aromatic heterocycles. The number of ketones is 1. The van der Waals surface area contributed by atoms with Crippen LogP contribution in [0.2, 0.25) is 0 Å². The fraction of sp³-hybridized carbons (Fsp3) is 0.0455. The summed E-state index contributed by atoms with van der Waals surface area (Å²) in [6.45, 7) is 0. The molecule has 0 saturated carbocycles. The lowest BCUT2D eigenvalue weighted by Gasteiger charge is -2.10. The molecule has 2 aromatic carbocycles. The quantitative estimate of drug-likeness (QED) is 0.235. The van der Waals surface area contributed by atoms with Crippen LogP contribution < -0.4 is 9.47 Å². The van der Waals surface area contributed by atoms with Gasteiger partial charge in [-0.1, -0.05) is 28.1 Å². The van der Waals surface area contributed by atoms with Gasteiger partial charge in [-0.05, 0) is 60.2 Å². The second kappa shape index (κ2) is 9.10. The minimum Gasteiger partial charge on any atom is -0.493 e. The van der Waals surface area contributed by atoms with E-state index in [1.165, 1.54) is 19.4 Å². The van der Waals surface area contributed by atoms with Crippen LogP contribution in [0.5, 0.6) is 11.5 Å². The van der Waals surface area contributed by atoms with Crippen LogP contribution in [0, 0.1) is 0 Å². The summed E-state index contributed by atoms with van der Waals surface area (Å²) < 4.78 is 11.6. The van der Waals surface area contributed by atoms with Crippen LogP contribution >= 0.6 is 15.9 Å². The number of hydrogen-bond donors (Lipinski definition) is 0. The zero-order chi connectivity index (χ0) is 19.9. The third-order valence-corrected chi connectivity index (χ3v) is 4.37. The number of aromatic nitrogens is 1. The second-order valence-corrected chi connectivity index (χ2v) is 6.66. The summed E-state index contributed by atoms with van der Waals surface area (Å²) in [4.78, 5) is 28.3. The van der Waals surface area contributed by atoms with Gasteiger partial charge in [0.15, 0.2) is 17.3 Å². The summed E-state index contributed by atoms with van der Waals surface area (Å²) in [6, 6.07) is 15.5. The van der Waals surface area contributed by atoms with Crippen molar-refractivity contribution in [1.29, 1.82) is 0 Å². The molecule has 0 unspecified atom stereocenters. The standard InChI is InChI=1S/C22H16BrNO4/c1-27-21-13-15(4-10-19(25)16-6-8-18(23)9-7-16)5-11-20(21)28-22(26)17-3-2-12-24-14-17/h2-14H,1H3. The van der Waals surface area contributed by atoms with Gasteiger partial charge >= 0.3 is 5.97 Å². The molecule has 3 aromatic rings. The fourth-order valence-corrected chi connectivity index (χ4v) is 2.66. The lowest BCUT2D eigenvalue weighted by molar-refractivity contribution is 0.0729. The third kappa shape index (κ3) is 4.92. The SMILES string of the molecule is COc1cc(C=CC(=O)c2ccc(Br)cc2)ccc1OC(=O)c1cccnc1. The molecule has 0 bridgehead atoms. The van der Waals surface area contributed by atoms with Crippen molar-refractivity contribution in [3.8, 4) is 11.5 Å². The first-order valence-electron chi connectivity index (χ1n) is 8.35. The summed E-state index contributed by atoms with van der Waals surface area (Å²) in [5.74, 6) is 0.0295. The molecule has 0 radical (unpaired) electrons. The predicted octanol–water partition coefficient (Wildman–Crippen LogP) is 4.97. The number of nitrogens with zero attached hydrogens (tertiary/aromatic N) is 1. The molecular formula is C22H16BrNO4. The first-order valence-corrected chi connectivity index (χ1v) is 9.14. The Balaban J connectivity index is 1.74. The highest BCUT2D eigenvalue weighted by atomic mass is 79.9. The van der Waals surface area contributed by atoms with E-state index in [-0.39, 0.29) is 11.5 Å². The molecular weight excluding hydrogens is 422 g/mol. The minimum absolute atomic E-state index is 0.112. The molecule has 0 aliphatic carbocycles. The van der Waals surface area contributed by atoms with E-state index in [2.05, 4.69) is 20.9 Å². The number of pyridine rings is 1. The van der Waals surface area contributed by atoms with Crippen molar-refractivity contribution < 1.29 is 19.1 Å². The number of carbonyl (C=O) groups is 2. The number of hydrogen-bond acceptors (Lipinski definition) is 5. The van der Waals surface area contributed by atoms with Crippen molar-refractivity contribution in [3.63, 3.8) is 0 Å². The number of methoxy groups -OCH3 is 1. The minimum atomic E-state index is -0.528. The monoisotopic (exact) mass is 437 g/mol. The number of esters is 1. The molecule has 0 amide bonds. The van der Waals surface area contributed by atoms with Gasteiger partial charge in [-0.3, -0.25) is 9.78 Å². The normalized spacial score (nSPS) is 10.6. The van der Waals surface area contributed by atoms with Gasteiger partial charge in [-0.15, -0.1) is 0 Å². The number of carbonyl (C=O) groups excluding carboxylic acids is 2. The number of rotatable bonds is 6. The van der Waals surface area contributed by atoms with Crippen LogP contribution in [-0.2, 0) is 0 Å². The average molecular weight is 438 g/mol. The lowest BCUT2D eigenvalue weighted by Crippen LogP contribution is -2.09. The molecule has 5 nitrogen and oxygen atoms in total. The summed E-state index contributed by atoms with van der Waals surface area (Å²) in [7, 11) is 1.48. The second-order valence-electron chi connectivity index (χ2n) is 5.75. The smallest absolute Gasteiger partial charge is 0.345 e. The van der Waals surface area contributed by atoms with E-state index < -0.39 is 5.97 Å². The predicted molar refractivity (Wildman–Crippen MR) is 110 cm³/mol. The Morgan fingerprint density at radius 1 is 1.00 bits per heavy atom. The largest absolute Gasteiger partial charge is 0.493 e. The van der Waals surface area contributed by atoms with E-state index in [1.807, 2.05) is 12.1 Å². The Labute approximate surface area is 170 Å². The van der Waals surface area contributed by atoms with Crippen molar-refractivity contribution in [1.82, 2.24) is 4.98 Å². The Hall–Kier alpha value is -3.25. The third-order valence-electron chi connectivity index (χ3n) is 3.84. The summed E-state index contributed by atoms with van der Waals surface area (Å²) >= 11 is 3.34. The molecule has 0 aliphatic heterocycles. The van der Waals surface area contributed by atoms with Gasteiger partial charge in [0.1, 0.15) is 0 Å². The van der Waals surface area contributed by atoms with Crippen LogP contribution in [0.4, 0.5) is 0 Å². The number of ether oxygens (including phenoxy) is 2. The Morgan fingerprint density at radius 2 is 1.79 bits per heavy atom. The van der Waals surface area contributed by atoms with Gasteiger partial charge in [-0.25, -0.2) is 4.79 Å². The van der Waals surface area contributed by atoms with Crippen LogP contribution in [0.1, 0.15) is 26.3 Å². The van der Waals surface area contributed by atoms with Gasteiger partial charge in [0.2, 0.25) is 0 Å². The zero-order valence-electron chi connectivity index (χ0n) is 15.0. The average Bonchev–Trinajstić information content (AvgIpc) is 2.73. The molecule has 3 rings (SSSR count). The van der Waals surface area contributed by atoms with E-state index in [0.29, 0.717) is 16.9 Å². The molecule has 140 valence electrons. The maximum absolute atomic E-state index is 12.2. The summed E-state index contributed by atoms with van der Waals surface area (Å²) in [6.07, 6.45) is 6.17. The highest BCUT2D eigenvalue weighted by Gasteiger charge is 2.12. The molecule has 0 aliphatic rings. The van der Waals surface area contributed by atoms with Crippen LogP contribution in [-0.4, -0.2) is 23.8 Å². The van der Waals surface area contributed by atoms with Gasteiger partial charge in [0.05, 0.1) is 12.7 Å². The van der Waals surface area contributed by atoms with Crippen molar-refractivity contribution in [3.05, 3.63) is 94.2 Å². The van der Waals surface area contributed by atoms with E-state index in [0.717, 1.165) is 10.0 Å². The van der Waals surface area contributed by atoms with Crippen molar-refractivity contribution in [2.24, 2.45) is 0 Å². The topological polar surface area (TPSA) is 65.5 Å². The molecule has 0 N–H and O–H groups in total. The van der Waals surface area contributed by atoms with E-state index in [4.69, 9.17) is 9.47 Å². The molecule has 0 spiro atoms. The zero-order valence-corrected chi connectivity index (χ0v) is 16.5. The van der Waals surface area contributed by atoms with E-state index in [9.17, 15) is 9.59 Å². The molecule has 0 fully saturated rings. The highest BCUT2D eigenvalue weighted by molar-refractivity contribution is 9.10. The molecule has 6 heteroatoms. The van der Waals surface area contributed by atoms with E-state index >= 15 is 0 Å². The Bertz CT molecular complexity index is 1010. The van der Waals surface area contributed by atoms with Gasteiger partial charge in [0.25, 0.3) is 0 Å². The molecule has 0 saturated heterocycles. The first-order chi connectivity index (χ1) is 13.6. The maximum atomic E-state index is 12.2. The first kappa shape index (κ1) is 19.5. The van der Waals surface area contributed by atoms with Crippen molar-refractivity contribution in [2.75, 3.05) is 7.11 Å². The van der Waals surface area contributed by atoms with E-state index in [1.54, 1.807) is 54.7 Å². The fourth-order valence-electron chi connectivity index (χ4n) is 2.40. The molecule has 28 heavy (non-hydrogen) atoms. The van der Waals surface area contributed by atoms with Gasteiger partial charge in [0, 0.05) is 22.4 Å². The van der Waals surface area contributed by atoms with Crippen molar-refractivity contribution in [2.45, 2.75) is 0 Å².